The molecule has 0 radical (unpaired) electrons. The van der Waals surface area contributed by atoms with Gasteiger partial charge in [0.15, 0.2) is 0 Å². The number of fused-ring (bicyclic) bond motifs is 1. The fourth-order valence-corrected chi connectivity index (χ4v) is 2.36. The summed E-state index contributed by atoms with van der Waals surface area (Å²) in [6, 6.07) is 7.19. The van der Waals surface area contributed by atoms with E-state index in [0.29, 0.717) is 16.1 Å². The third-order valence-electron chi connectivity index (χ3n) is 3.01. The quantitative estimate of drug-likeness (QED) is 0.636. The van der Waals surface area contributed by atoms with E-state index in [0.717, 1.165) is 16.8 Å². The Bertz CT molecular complexity index is 872. The van der Waals surface area contributed by atoms with Crippen LogP contribution in [0.1, 0.15) is 5.69 Å². The maximum absolute atomic E-state index is 12.0. The number of hydrogen-bond acceptors (Lipinski definition) is 2. The molecule has 2 aromatic heterocycles. The van der Waals surface area contributed by atoms with Gasteiger partial charge in [-0.3, -0.25) is 14.8 Å². The lowest BCUT2D eigenvalue weighted by Gasteiger charge is -2.01. The van der Waals surface area contributed by atoms with Crippen molar-refractivity contribution >= 4 is 22.6 Å². The summed E-state index contributed by atoms with van der Waals surface area (Å²) >= 11 is 5.86. The van der Waals surface area contributed by atoms with E-state index in [1.807, 2.05) is 19.1 Å². The Balaban J connectivity index is 2.41. The van der Waals surface area contributed by atoms with Gasteiger partial charge in [-0.1, -0.05) is 23.7 Å². The molecule has 3 N–H and O–H groups in total. The summed E-state index contributed by atoms with van der Waals surface area (Å²) in [6.45, 7) is 1.85. The second-order valence-corrected chi connectivity index (χ2v) is 4.73. The molecular formula is C13H10ClN3O2. The molecule has 0 fully saturated rings. The zero-order valence-electron chi connectivity index (χ0n) is 10.0. The average molecular weight is 276 g/mol. The summed E-state index contributed by atoms with van der Waals surface area (Å²) in [5.41, 5.74) is 1.94. The number of halogens is 1. The van der Waals surface area contributed by atoms with Crippen molar-refractivity contribution in [1.82, 2.24) is 15.0 Å². The predicted octanol–water partition coefficient (Wildman–Crippen LogP) is 2.17. The van der Waals surface area contributed by atoms with Gasteiger partial charge in [0.25, 0.3) is 5.56 Å². The monoisotopic (exact) mass is 275 g/mol. The van der Waals surface area contributed by atoms with Crippen LogP contribution in [-0.2, 0) is 0 Å². The van der Waals surface area contributed by atoms with Gasteiger partial charge in [0.1, 0.15) is 5.65 Å². The van der Waals surface area contributed by atoms with Crippen molar-refractivity contribution in [2.45, 2.75) is 6.92 Å². The van der Waals surface area contributed by atoms with E-state index in [2.05, 4.69) is 15.0 Å². The number of rotatable bonds is 1. The number of aromatic nitrogens is 3. The number of benzene rings is 1. The lowest BCUT2D eigenvalue weighted by atomic mass is 10.0. The van der Waals surface area contributed by atoms with Crippen LogP contribution in [0.3, 0.4) is 0 Å². The third-order valence-corrected chi connectivity index (χ3v) is 3.27. The standard InChI is InChI=1S/C13H10ClN3O2/c1-6-9(7-2-4-8(14)5-3-7)10-11(15-6)16-13(19)17-12(10)18/h2-5H,1H3,(H3,15,16,17,18,19). The van der Waals surface area contributed by atoms with E-state index >= 15 is 0 Å². The predicted molar refractivity (Wildman–Crippen MR) is 74.7 cm³/mol. The Labute approximate surface area is 112 Å². The maximum atomic E-state index is 12.0. The normalized spacial score (nSPS) is 11.1. The number of H-pyrrole nitrogens is 3. The zero-order chi connectivity index (χ0) is 13.6. The van der Waals surface area contributed by atoms with E-state index in [9.17, 15) is 9.59 Å². The molecule has 3 rings (SSSR count). The van der Waals surface area contributed by atoms with Gasteiger partial charge in [0.2, 0.25) is 0 Å². The zero-order valence-corrected chi connectivity index (χ0v) is 10.8. The van der Waals surface area contributed by atoms with Crippen molar-refractivity contribution in [2.24, 2.45) is 0 Å². The third kappa shape index (κ3) is 1.88. The van der Waals surface area contributed by atoms with Crippen molar-refractivity contribution < 1.29 is 0 Å². The maximum Gasteiger partial charge on any atom is 0.327 e. The van der Waals surface area contributed by atoms with E-state index in [-0.39, 0.29) is 0 Å². The molecule has 19 heavy (non-hydrogen) atoms. The fraction of sp³-hybridized carbons (Fsp3) is 0.0769. The van der Waals surface area contributed by atoms with Gasteiger partial charge in [-0.05, 0) is 24.6 Å². The molecule has 0 saturated heterocycles. The molecule has 0 aliphatic rings. The molecule has 1 aromatic carbocycles. The largest absolute Gasteiger partial charge is 0.344 e. The summed E-state index contributed by atoms with van der Waals surface area (Å²) in [5.74, 6) is 0. The van der Waals surface area contributed by atoms with Crippen LogP contribution in [0, 0.1) is 6.92 Å². The first kappa shape index (κ1) is 11.8. The number of hydrogen-bond donors (Lipinski definition) is 3. The first-order valence-corrected chi connectivity index (χ1v) is 6.05. The second-order valence-electron chi connectivity index (χ2n) is 4.29. The van der Waals surface area contributed by atoms with Crippen molar-refractivity contribution in [3.63, 3.8) is 0 Å². The molecule has 0 saturated carbocycles. The van der Waals surface area contributed by atoms with Gasteiger partial charge in [0, 0.05) is 16.3 Å². The Kier molecular flexibility index (Phi) is 2.57. The molecule has 5 nitrogen and oxygen atoms in total. The van der Waals surface area contributed by atoms with E-state index in [1.54, 1.807) is 12.1 Å². The molecule has 3 aromatic rings. The molecule has 0 amide bonds. The average Bonchev–Trinajstić information content (AvgIpc) is 2.66. The van der Waals surface area contributed by atoms with Gasteiger partial charge in [-0.2, -0.15) is 0 Å². The summed E-state index contributed by atoms with van der Waals surface area (Å²) in [5, 5.41) is 1.07. The van der Waals surface area contributed by atoms with E-state index in [1.165, 1.54) is 0 Å². The molecule has 0 spiro atoms. The summed E-state index contributed by atoms with van der Waals surface area (Å²) in [4.78, 5) is 31.0. The van der Waals surface area contributed by atoms with Crippen LogP contribution in [-0.4, -0.2) is 15.0 Å². The van der Waals surface area contributed by atoms with Crippen LogP contribution < -0.4 is 11.2 Å². The van der Waals surface area contributed by atoms with Crippen LogP contribution in [0.25, 0.3) is 22.2 Å². The Hall–Kier alpha value is -2.27. The van der Waals surface area contributed by atoms with Crippen LogP contribution in [0.15, 0.2) is 33.9 Å². The highest BCUT2D eigenvalue weighted by Crippen LogP contribution is 2.29. The van der Waals surface area contributed by atoms with Gasteiger partial charge >= 0.3 is 5.69 Å². The minimum atomic E-state index is -0.526. The Morgan fingerprint density at radius 3 is 2.37 bits per heavy atom. The van der Waals surface area contributed by atoms with E-state index in [4.69, 9.17) is 11.6 Å². The fourth-order valence-electron chi connectivity index (χ4n) is 2.23. The highest BCUT2D eigenvalue weighted by molar-refractivity contribution is 6.30. The molecule has 0 aliphatic heterocycles. The second kappa shape index (κ2) is 4.13. The summed E-state index contributed by atoms with van der Waals surface area (Å²) in [7, 11) is 0. The number of aryl methyl sites for hydroxylation is 1. The molecule has 2 heterocycles. The lowest BCUT2D eigenvalue weighted by Crippen LogP contribution is -2.21. The van der Waals surface area contributed by atoms with Gasteiger partial charge in [-0.25, -0.2) is 4.79 Å². The SMILES string of the molecule is Cc1[nH]c2[nH]c(=O)[nH]c(=O)c2c1-c1ccc(Cl)cc1. The minimum Gasteiger partial charge on any atom is -0.344 e. The van der Waals surface area contributed by atoms with E-state index < -0.39 is 11.2 Å². The smallest absolute Gasteiger partial charge is 0.327 e. The van der Waals surface area contributed by atoms with Crippen molar-refractivity contribution in [3.8, 4) is 11.1 Å². The molecule has 0 bridgehead atoms. The molecular weight excluding hydrogens is 266 g/mol. The Morgan fingerprint density at radius 1 is 1.00 bits per heavy atom. The summed E-state index contributed by atoms with van der Waals surface area (Å²) < 4.78 is 0. The molecule has 96 valence electrons. The van der Waals surface area contributed by atoms with Crippen LogP contribution in [0.5, 0.6) is 0 Å². The topological polar surface area (TPSA) is 81.5 Å². The van der Waals surface area contributed by atoms with Gasteiger partial charge < -0.3 is 4.98 Å². The van der Waals surface area contributed by atoms with Crippen molar-refractivity contribution in [1.29, 1.82) is 0 Å². The van der Waals surface area contributed by atoms with Crippen molar-refractivity contribution in [3.05, 3.63) is 55.8 Å². The highest BCUT2D eigenvalue weighted by Gasteiger charge is 2.14. The van der Waals surface area contributed by atoms with Crippen LogP contribution in [0.2, 0.25) is 5.02 Å². The first-order chi connectivity index (χ1) is 9.06. The van der Waals surface area contributed by atoms with Crippen LogP contribution >= 0.6 is 11.6 Å². The van der Waals surface area contributed by atoms with Gasteiger partial charge in [-0.15, -0.1) is 0 Å². The molecule has 0 aliphatic carbocycles. The Morgan fingerprint density at radius 2 is 1.68 bits per heavy atom. The number of nitrogens with one attached hydrogen (secondary N) is 3. The van der Waals surface area contributed by atoms with Crippen LogP contribution in [0.4, 0.5) is 0 Å². The molecule has 6 heteroatoms. The summed E-state index contributed by atoms with van der Waals surface area (Å²) in [6.07, 6.45) is 0. The highest BCUT2D eigenvalue weighted by atomic mass is 35.5. The lowest BCUT2D eigenvalue weighted by molar-refractivity contribution is 1.07. The van der Waals surface area contributed by atoms with Gasteiger partial charge in [0.05, 0.1) is 5.39 Å². The molecule has 0 atom stereocenters. The van der Waals surface area contributed by atoms with Crippen molar-refractivity contribution in [2.75, 3.05) is 0 Å². The minimum absolute atomic E-state index is 0.409. The first-order valence-electron chi connectivity index (χ1n) is 5.67. The molecule has 0 unspecified atom stereocenters. The number of aromatic amines is 3.